The number of nitrogens with one attached hydrogen (secondary N) is 1. The molecule has 0 aliphatic rings. The van der Waals surface area contributed by atoms with Gasteiger partial charge in [0, 0.05) is 19.2 Å². The zero-order chi connectivity index (χ0) is 16.4. The lowest BCUT2D eigenvalue weighted by molar-refractivity contribution is 0.0938. The van der Waals surface area contributed by atoms with Gasteiger partial charge < -0.3 is 5.32 Å². The molecule has 1 aromatic heterocycles. The Hall–Kier alpha value is -1.65. The first-order valence-corrected chi connectivity index (χ1v) is 8.48. The van der Waals surface area contributed by atoms with Gasteiger partial charge in [0.15, 0.2) is 0 Å². The molecule has 124 valence electrons. The number of carbonyl (C=O) groups excluding carboxylic acids is 1. The van der Waals surface area contributed by atoms with Gasteiger partial charge in [-0.05, 0) is 24.8 Å². The van der Waals surface area contributed by atoms with Crippen molar-refractivity contribution in [1.29, 1.82) is 0 Å². The summed E-state index contributed by atoms with van der Waals surface area (Å²) in [7, 11) is 0. The summed E-state index contributed by atoms with van der Waals surface area (Å²) in [6.07, 6.45) is 6.43. The van der Waals surface area contributed by atoms with Gasteiger partial charge in [-0.3, -0.25) is 9.59 Å². The van der Waals surface area contributed by atoms with Crippen molar-refractivity contribution in [2.45, 2.75) is 65.8 Å². The number of amides is 1. The zero-order valence-electron chi connectivity index (χ0n) is 14.1. The minimum absolute atomic E-state index is 0.153. The molecule has 1 unspecified atom stereocenters. The SMILES string of the molecule is CCCCC(CC)CNC(=O)c1ccc(=O)n(CCCC)n1. The molecular formula is C17H29N3O2. The van der Waals surface area contributed by atoms with Gasteiger partial charge in [0.05, 0.1) is 0 Å². The Balaban J connectivity index is 2.63. The Labute approximate surface area is 133 Å². The van der Waals surface area contributed by atoms with Gasteiger partial charge >= 0.3 is 0 Å². The molecule has 0 fully saturated rings. The van der Waals surface area contributed by atoms with E-state index in [1.807, 2.05) is 0 Å². The Morgan fingerprint density at radius 2 is 1.95 bits per heavy atom. The van der Waals surface area contributed by atoms with E-state index < -0.39 is 0 Å². The molecule has 5 nitrogen and oxygen atoms in total. The van der Waals surface area contributed by atoms with Gasteiger partial charge in [0.2, 0.25) is 0 Å². The van der Waals surface area contributed by atoms with E-state index in [9.17, 15) is 9.59 Å². The summed E-state index contributed by atoms with van der Waals surface area (Å²) in [6, 6.07) is 2.93. The molecule has 0 radical (unpaired) electrons. The van der Waals surface area contributed by atoms with Crippen LogP contribution in [-0.2, 0) is 6.54 Å². The molecule has 0 bridgehead atoms. The summed E-state index contributed by atoms with van der Waals surface area (Å²) >= 11 is 0. The molecule has 5 heteroatoms. The van der Waals surface area contributed by atoms with E-state index in [0.29, 0.717) is 24.7 Å². The molecule has 0 spiro atoms. The molecule has 0 saturated heterocycles. The average molecular weight is 307 g/mol. The summed E-state index contributed by atoms with van der Waals surface area (Å²) in [5, 5.41) is 7.11. The van der Waals surface area contributed by atoms with Crippen LogP contribution in [0, 0.1) is 5.92 Å². The number of aryl methyl sites for hydroxylation is 1. The van der Waals surface area contributed by atoms with Crippen LogP contribution in [0.2, 0.25) is 0 Å². The van der Waals surface area contributed by atoms with E-state index in [2.05, 4.69) is 31.2 Å². The molecule has 1 rings (SSSR count). The van der Waals surface area contributed by atoms with Crippen molar-refractivity contribution in [3.05, 3.63) is 28.2 Å². The van der Waals surface area contributed by atoms with Crippen LogP contribution in [0.4, 0.5) is 0 Å². The Bertz CT molecular complexity index is 511. The first kappa shape index (κ1) is 18.4. The van der Waals surface area contributed by atoms with E-state index in [-0.39, 0.29) is 11.5 Å². The van der Waals surface area contributed by atoms with Crippen LogP contribution < -0.4 is 10.9 Å². The molecule has 1 amide bonds. The predicted octanol–water partition coefficient (Wildman–Crippen LogP) is 2.99. The van der Waals surface area contributed by atoms with E-state index in [0.717, 1.165) is 25.7 Å². The molecule has 0 aliphatic carbocycles. The maximum absolute atomic E-state index is 12.2. The largest absolute Gasteiger partial charge is 0.350 e. The van der Waals surface area contributed by atoms with Crippen molar-refractivity contribution in [2.24, 2.45) is 5.92 Å². The molecule has 0 aliphatic heterocycles. The fraction of sp³-hybridized carbons (Fsp3) is 0.706. The fourth-order valence-corrected chi connectivity index (χ4v) is 2.31. The van der Waals surface area contributed by atoms with Crippen molar-refractivity contribution in [3.63, 3.8) is 0 Å². The highest BCUT2D eigenvalue weighted by Crippen LogP contribution is 2.11. The lowest BCUT2D eigenvalue weighted by Gasteiger charge is -2.15. The van der Waals surface area contributed by atoms with Crippen molar-refractivity contribution < 1.29 is 4.79 Å². The first-order valence-electron chi connectivity index (χ1n) is 8.48. The molecule has 1 atom stereocenters. The highest BCUT2D eigenvalue weighted by atomic mass is 16.2. The van der Waals surface area contributed by atoms with Crippen LogP contribution in [0.1, 0.15) is 69.8 Å². The molecule has 1 aromatic rings. The normalized spacial score (nSPS) is 12.1. The highest BCUT2D eigenvalue weighted by molar-refractivity contribution is 5.91. The van der Waals surface area contributed by atoms with Crippen LogP contribution in [-0.4, -0.2) is 22.2 Å². The third-order valence-corrected chi connectivity index (χ3v) is 3.92. The molecule has 0 saturated carbocycles. The van der Waals surface area contributed by atoms with Crippen LogP contribution in [0.15, 0.2) is 16.9 Å². The van der Waals surface area contributed by atoms with Crippen LogP contribution in [0.3, 0.4) is 0 Å². The van der Waals surface area contributed by atoms with Crippen molar-refractivity contribution in [3.8, 4) is 0 Å². The topological polar surface area (TPSA) is 64.0 Å². The second-order valence-electron chi connectivity index (χ2n) is 5.76. The van der Waals surface area contributed by atoms with Crippen molar-refractivity contribution >= 4 is 5.91 Å². The monoisotopic (exact) mass is 307 g/mol. The van der Waals surface area contributed by atoms with E-state index >= 15 is 0 Å². The Kier molecular flexibility index (Phi) is 8.48. The van der Waals surface area contributed by atoms with Crippen LogP contribution in [0.25, 0.3) is 0 Å². The third kappa shape index (κ3) is 6.00. The zero-order valence-corrected chi connectivity index (χ0v) is 14.1. The quantitative estimate of drug-likeness (QED) is 0.722. The molecule has 1 N–H and O–H groups in total. The second-order valence-corrected chi connectivity index (χ2v) is 5.76. The van der Waals surface area contributed by atoms with E-state index in [1.54, 1.807) is 0 Å². The standard InChI is InChI=1S/C17H29N3O2/c1-4-7-9-14(6-3)13-18-17(22)15-10-11-16(21)20(19-15)12-8-5-2/h10-11,14H,4-9,12-13H2,1-3H3,(H,18,22). The summed E-state index contributed by atoms with van der Waals surface area (Å²) in [5.74, 6) is 0.315. The maximum atomic E-state index is 12.2. The predicted molar refractivity (Wildman–Crippen MR) is 89.0 cm³/mol. The summed E-state index contributed by atoms with van der Waals surface area (Å²) in [5.41, 5.74) is 0.167. The minimum atomic E-state index is -0.194. The average Bonchev–Trinajstić information content (AvgIpc) is 2.54. The number of hydrogen-bond donors (Lipinski definition) is 1. The summed E-state index contributed by atoms with van der Waals surface area (Å²) in [4.78, 5) is 23.9. The van der Waals surface area contributed by atoms with Gasteiger partial charge in [-0.25, -0.2) is 4.68 Å². The van der Waals surface area contributed by atoms with Crippen molar-refractivity contribution in [1.82, 2.24) is 15.1 Å². The van der Waals surface area contributed by atoms with Crippen molar-refractivity contribution in [2.75, 3.05) is 6.54 Å². The molecule has 0 aromatic carbocycles. The molecule has 1 heterocycles. The van der Waals surface area contributed by atoms with Gasteiger partial charge in [-0.15, -0.1) is 0 Å². The third-order valence-electron chi connectivity index (χ3n) is 3.92. The number of hydrogen-bond acceptors (Lipinski definition) is 3. The minimum Gasteiger partial charge on any atom is -0.350 e. The van der Waals surface area contributed by atoms with Crippen LogP contribution in [0.5, 0.6) is 0 Å². The van der Waals surface area contributed by atoms with Crippen LogP contribution >= 0.6 is 0 Å². The molecular weight excluding hydrogens is 278 g/mol. The number of rotatable bonds is 10. The maximum Gasteiger partial charge on any atom is 0.271 e. The number of carbonyl (C=O) groups is 1. The summed E-state index contributed by atoms with van der Waals surface area (Å²) in [6.45, 7) is 7.61. The lowest BCUT2D eigenvalue weighted by Crippen LogP contribution is -2.32. The number of nitrogens with zero attached hydrogens (tertiary/aromatic N) is 2. The Morgan fingerprint density at radius 3 is 2.59 bits per heavy atom. The summed E-state index contributed by atoms with van der Waals surface area (Å²) < 4.78 is 1.38. The molecule has 22 heavy (non-hydrogen) atoms. The second kappa shape index (κ2) is 10.1. The van der Waals surface area contributed by atoms with E-state index in [1.165, 1.54) is 29.7 Å². The highest BCUT2D eigenvalue weighted by Gasteiger charge is 2.12. The first-order chi connectivity index (χ1) is 10.6. The smallest absolute Gasteiger partial charge is 0.271 e. The van der Waals surface area contributed by atoms with Gasteiger partial charge in [-0.2, -0.15) is 5.10 Å². The lowest BCUT2D eigenvalue weighted by atomic mass is 9.99. The number of aromatic nitrogens is 2. The Morgan fingerprint density at radius 1 is 1.23 bits per heavy atom. The van der Waals surface area contributed by atoms with Gasteiger partial charge in [-0.1, -0.05) is 46.5 Å². The fourth-order valence-electron chi connectivity index (χ4n) is 2.31. The van der Waals surface area contributed by atoms with Gasteiger partial charge in [0.25, 0.3) is 11.5 Å². The van der Waals surface area contributed by atoms with Gasteiger partial charge in [0.1, 0.15) is 5.69 Å². The number of unbranched alkanes of at least 4 members (excludes halogenated alkanes) is 2. The van der Waals surface area contributed by atoms with E-state index in [4.69, 9.17) is 0 Å².